The van der Waals surface area contributed by atoms with Gasteiger partial charge in [-0.1, -0.05) is 6.92 Å². The fourth-order valence-electron chi connectivity index (χ4n) is 2.77. The van der Waals surface area contributed by atoms with Crippen molar-refractivity contribution in [3.8, 4) is 0 Å². The Morgan fingerprint density at radius 1 is 1.47 bits per heavy atom. The van der Waals surface area contributed by atoms with Gasteiger partial charge in [0, 0.05) is 32.8 Å². The van der Waals surface area contributed by atoms with E-state index in [2.05, 4.69) is 29.8 Å². The SMILES string of the molecule is CCCNC(c1cc2sccc2s1)C1CCCOC1. The minimum absolute atomic E-state index is 0.477. The minimum Gasteiger partial charge on any atom is -0.381 e. The van der Waals surface area contributed by atoms with Crippen LogP contribution in [-0.2, 0) is 4.74 Å². The van der Waals surface area contributed by atoms with Crippen molar-refractivity contribution in [2.75, 3.05) is 19.8 Å². The molecule has 2 nitrogen and oxygen atoms in total. The van der Waals surface area contributed by atoms with E-state index in [1.807, 2.05) is 22.7 Å². The van der Waals surface area contributed by atoms with Crippen molar-refractivity contribution >= 4 is 32.1 Å². The van der Waals surface area contributed by atoms with Crippen LogP contribution in [-0.4, -0.2) is 19.8 Å². The first-order valence-electron chi connectivity index (χ1n) is 7.16. The van der Waals surface area contributed by atoms with E-state index < -0.39 is 0 Å². The first kappa shape index (κ1) is 13.6. The standard InChI is InChI=1S/C15H21NOS2/c1-2-6-16-15(11-4-3-7-17-10-11)14-9-13-12(19-14)5-8-18-13/h5,8-9,11,15-16H,2-4,6-7,10H2,1H3. The van der Waals surface area contributed by atoms with Crippen LogP contribution in [0, 0.1) is 5.92 Å². The highest BCUT2D eigenvalue weighted by molar-refractivity contribution is 7.26. The van der Waals surface area contributed by atoms with Crippen LogP contribution in [0.3, 0.4) is 0 Å². The van der Waals surface area contributed by atoms with Crippen LogP contribution in [0.15, 0.2) is 17.5 Å². The molecule has 0 amide bonds. The summed E-state index contributed by atoms with van der Waals surface area (Å²) in [7, 11) is 0. The van der Waals surface area contributed by atoms with Crippen LogP contribution in [0.5, 0.6) is 0 Å². The van der Waals surface area contributed by atoms with Gasteiger partial charge in [0.1, 0.15) is 0 Å². The maximum atomic E-state index is 5.69. The molecule has 0 saturated carbocycles. The molecule has 0 radical (unpaired) electrons. The number of ether oxygens (including phenoxy) is 1. The van der Waals surface area contributed by atoms with E-state index in [1.165, 1.54) is 33.5 Å². The van der Waals surface area contributed by atoms with Crippen molar-refractivity contribution in [3.05, 3.63) is 22.4 Å². The fourth-order valence-corrected chi connectivity index (χ4v) is 5.05. The second kappa shape index (κ2) is 6.35. The molecule has 1 aliphatic heterocycles. The predicted molar refractivity (Wildman–Crippen MR) is 84.3 cm³/mol. The molecule has 2 aromatic heterocycles. The zero-order valence-electron chi connectivity index (χ0n) is 11.4. The third-order valence-corrected chi connectivity index (χ3v) is 5.92. The monoisotopic (exact) mass is 295 g/mol. The number of hydrogen-bond acceptors (Lipinski definition) is 4. The van der Waals surface area contributed by atoms with Crippen molar-refractivity contribution in [2.45, 2.75) is 32.2 Å². The van der Waals surface area contributed by atoms with Crippen molar-refractivity contribution in [1.82, 2.24) is 5.32 Å². The van der Waals surface area contributed by atoms with Gasteiger partial charge in [0.15, 0.2) is 0 Å². The predicted octanol–water partition coefficient (Wildman–Crippen LogP) is 4.43. The summed E-state index contributed by atoms with van der Waals surface area (Å²) < 4.78 is 8.55. The van der Waals surface area contributed by atoms with Gasteiger partial charge in [0.25, 0.3) is 0 Å². The lowest BCUT2D eigenvalue weighted by atomic mass is 9.92. The van der Waals surface area contributed by atoms with Gasteiger partial charge in [-0.15, -0.1) is 22.7 Å². The quantitative estimate of drug-likeness (QED) is 0.881. The Morgan fingerprint density at radius 2 is 2.42 bits per heavy atom. The second-order valence-electron chi connectivity index (χ2n) is 5.21. The smallest absolute Gasteiger partial charge is 0.0512 e. The van der Waals surface area contributed by atoms with Gasteiger partial charge in [0.05, 0.1) is 6.61 Å². The molecule has 3 rings (SSSR count). The van der Waals surface area contributed by atoms with E-state index in [4.69, 9.17) is 4.74 Å². The van der Waals surface area contributed by atoms with Crippen LogP contribution >= 0.6 is 22.7 Å². The zero-order valence-corrected chi connectivity index (χ0v) is 13.0. The topological polar surface area (TPSA) is 21.3 Å². The number of fused-ring (bicyclic) bond motifs is 1. The van der Waals surface area contributed by atoms with E-state index >= 15 is 0 Å². The Kier molecular flexibility index (Phi) is 4.53. The molecule has 4 heteroatoms. The molecule has 2 atom stereocenters. The van der Waals surface area contributed by atoms with Crippen molar-refractivity contribution in [1.29, 1.82) is 0 Å². The molecule has 19 heavy (non-hydrogen) atoms. The lowest BCUT2D eigenvalue weighted by molar-refractivity contribution is 0.0396. The molecule has 0 aromatic carbocycles. The van der Waals surface area contributed by atoms with Crippen molar-refractivity contribution < 1.29 is 4.74 Å². The highest BCUT2D eigenvalue weighted by Crippen LogP contribution is 2.38. The Labute approximate surface area is 122 Å². The first-order valence-corrected chi connectivity index (χ1v) is 8.86. The molecular formula is C15H21NOS2. The summed E-state index contributed by atoms with van der Waals surface area (Å²) in [5, 5.41) is 5.92. The number of rotatable bonds is 5. The third kappa shape index (κ3) is 3.02. The average Bonchev–Trinajstić information content (AvgIpc) is 3.02. The molecule has 0 aliphatic carbocycles. The lowest BCUT2D eigenvalue weighted by Crippen LogP contribution is -2.33. The molecule has 1 fully saturated rings. The molecule has 1 saturated heterocycles. The molecule has 2 aromatic rings. The Balaban J connectivity index is 1.82. The van der Waals surface area contributed by atoms with E-state index in [0.29, 0.717) is 12.0 Å². The van der Waals surface area contributed by atoms with E-state index in [-0.39, 0.29) is 0 Å². The van der Waals surface area contributed by atoms with Gasteiger partial charge in [-0.3, -0.25) is 0 Å². The fraction of sp³-hybridized carbons (Fsp3) is 0.600. The van der Waals surface area contributed by atoms with Gasteiger partial charge < -0.3 is 10.1 Å². The summed E-state index contributed by atoms with van der Waals surface area (Å²) in [6.45, 7) is 5.17. The Hall–Kier alpha value is -0.420. The summed E-state index contributed by atoms with van der Waals surface area (Å²) in [5.74, 6) is 0.632. The van der Waals surface area contributed by atoms with Gasteiger partial charge in [-0.25, -0.2) is 0 Å². The van der Waals surface area contributed by atoms with Gasteiger partial charge in [0.2, 0.25) is 0 Å². The summed E-state index contributed by atoms with van der Waals surface area (Å²) in [6, 6.07) is 5.10. The van der Waals surface area contributed by atoms with Crippen LogP contribution < -0.4 is 5.32 Å². The number of nitrogens with one attached hydrogen (secondary N) is 1. The highest BCUT2D eigenvalue weighted by Gasteiger charge is 2.26. The number of thiophene rings is 2. The second-order valence-corrected chi connectivity index (χ2v) is 7.27. The molecule has 3 heterocycles. The largest absolute Gasteiger partial charge is 0.381 e. The molecule has 0 bridgehead atoms. The third-order valence-electron chi connectivity index (χ3n) is 3.75. The van der Waals surface area contributed by atoms with Crippen LogP contribution in [0.1, 0.15) is 37.1 Å². The molecule has 104 valence electrons. The van der Waals surface area contributed by atoms with Crippen molar-refractivity contribution in [3.63, 3.8) is 0 Å². The summed E-state index contributed by atoms with van der Waals surface area (Å²) in [5.41, 5.74) is 0. The van der Waals surface area contributed by atoms with Crippen LogP contribution in [0.2, 0.25) is 0 Å². The molecule has 1 aliphatic rings. The van der Waals surface area contributed by atoms with E-state index in [9.17, 15) is 0 Å². The van der Waals surface area contributed by atoms with Crippen molar-refractivity contribution in [2.24, 2.45) is 5.92 Å². The maximum Gasteiger partial charge on any atom is 0.0512 e. The van der Waals surface area contributed by atoms with E-state index in [0.717, 1.165) is 19.8 Å². The maximum absolute atomic E-state index is 5.69. The Morgan fingerprint density at radius 3 is 3.16 bits per heavy atom. The minimum atomic E-state index is 0.477. The molecule has 2 unspecified atom stereocenters. The van der Waals surface area contributed by atoms with Gasteiger partial charge in [-0.05, 0) is 43.3 Å². The first-order chi connectivity index (χ1) is 9.38. The van der Waals surface area contributed by atoms with Crippen LogP contribution in [0.4, 0.5) is 0 Å². The summed E-state index contributed by atoms with van der Waals surface area (Å²) in [6.07, 6.45) is 3.67. The lowest BCUT2D eigenvalue weighted by Gasteiger charge is -2.30. The summed E-state index contributed by atoms with van der Waals surface area (Å²) >= 11 is 3.80. The van der Waals surface area contributed by atoms with E-state index in [1.54, 1.807) is 0 Å². The zero-order chi connectivity index (χ0) is 13.1. The van der Waals surface area contributed by atoms with Crippen LogP contribution in [0.25, 0.3) is 9.40 Å². The molecular weight excluding hydrogens is 274 g/mol. The average molecular weight is 295 g/mol. The molecule has 1 N–H and O–H groups in total. The van der Waals surface area contributed by atoms with Gasteiger partial charge >= 0.3 is 0 Å². The highest BCUT2D eigenvalue weighted by atomic mass is 32.1. The normalized spacial score (nSPS) is 21.8. The number of hydrogen-bond donors (Lipinski definition) is 1. The Bertz CT molecular complexity index is 484. The van der Waals surface area contributed by atoms with Gasteiger partial charge in [-0.2, -0.15) is 0 Å². The molecule has 0 spiro atoms. The summed E-state index contributed by atoms with van der Waals surface area (Å²) in [4.78, 5) is 1.49.